The van der Waals surface area contributed by atoms with Crippen molar-refractivity contribution in [1.82, 2.24) is 0 Å². The summed E-state index contributed by atoms with van der Waals surface area (Å²) in [6.45, 7) is 5.29. The van der Waals surface area contributed by atoms with Crippen LogP contribution in [-0.2, 0) is 0 Å². The quantitative estimate of drug-likeness (QED) is 0.633. The molecular weight excluding hydrogens is 177 g/mol. The van der Waals surface area contributed by atoms with E-state index < -0.39 is 0 Å². The fourth-order valence-electron chi connectivity index (χ4n) is 0.851. The molecule has 0 aromatic heterocycles. The minimum absolute atomic E-state index is 0.146. The Labute approximate surface area is 80.5 Å². The van der Waals surface area contributed by atoms with Gasteiger partial charge < -0.3 is 0 Å². The molecular formula is C10H23F3. The molecule has 0 aliphatic rings. The number of rotatable bonds is 4. The van der Waals surface area contributed by atoms with Gasteiger partial charge in [-0.2, -0.15) is 0 Å². The summed E-state index contributed by atoms with van der Waals surface area (Å²) >= 11 is 0. The van der Waals surface area contributed by atoms with E-state index in [1.165, 1.54) is 6.92 Å². The second-order valence-electron chi connectivity index (χ2n) is 2.43. The maximum Gasteiger partial charge on any atom is 0.0897 e. The molecule has 0 heterocycles. The van der Waals surface area contributed by atoms with Crippen molar-refractivity contribution in [3.8, 4) is 0 Å². The van der Waals surface area contributed by atoms with Crippen molar-refractivity contribution in [3.05, 3.63) is 0 Å². The average Bonchev–Trinajstić information content (AvgIpc) is 2.18. The Bertz CT molecular complexity index is 54.1. The summed E-state index contributed by atoms with van der Waals surface area (Å²) in [4.78, 5) is 0. The molecule has 3 heteroatoms. The number of alkyl halides is 3. The van der Waals surface area contributed by atoms with Crippen LogP contribution in [0, 0.1) is 5.92 Å². The molecule has 0 fully saturated rings. The van der Waals surface area contributed by atoms with Crippen LogP contribution in [0.5, 0.6) is 0 Å². The lowest BCUT2D eigenvalue weighted by Crippen LogP contribution is -1.96. The molecule has 0 aliphatic carbocycles. The molecule has 0 atom stereocenters. The van der Waals surface area contributed by atoms with Gasteiger partial charge in [0.15, 0.2) is 0 Å². The summed E-state index contributed by atoms with van der Waals surface area (Å²) in [5.74, 6) is 0.625. The lowest BCUT2D eigenvalue weighted by Gasteiger charge is -2.06. The fourth-order valence-corrected chi connectivity index (χ4v) is 0.851. The third-order valence-corrected chi connectivity index (χ3v) is 1.67. The van der Waals surface area contributed by atoms with Crippen LogP contribution in [0.25, 0.3) is 0 Å². The van der Waals surface area contributed by atoms with Gasteiger partial charge in [-0.25, -0.2) is 0 Å². The Hall–Kier alpha value is -0.210. The van der Waals surface area contributed by atoms with Crippen LogP contribution >= 0.6 is 0 Å². The van der Waals surface area contributed by atoms with E-state index in [2.05, 4.69) is 13.8 Å². The number of hydrogen-bond acceptors (Lipinski definition) is 0. The van der Waals surface area contributed by atoms with E-state index in [0.29, 0.717) is 13.1 Å². The maximum absolute atomic E-state index is 11.6. The molecule has 84 valence electrons. The lowest BCUT2D eigenvalue weighted by molar-refractivity contribution is 0.371. The topological polar surface area (TPSA) is 0 Å². The zero-order valence-electron chi connectivity index (χ0n) is 9.25. The molecule has 0 saturated carbocycles. The standard InChI is InChI=1S/C7H15F.C2H5F.CH3F/c1-3-7(4-2)5-6-8;1-2-3;1-2/h7H,3-6H2,1-2H3;2H2,1H3;1H3. The van der Waals surface area contributed by atoms with Gasteiger partial charge in [-0.1, -0.05) is 26.7 Å². The molecule has 0 unspecified atom stereocenters. The highest BCUT2D eigenvalue weighted by Crippen LogP contribution is 2.11. The van der Waals surface area contributed by atoms with Gasteiger partial charge in [-0.05, 0) is 19.3 Å². The van der Waals surface area contributed by atoms with E-state index in [0.717, 1.165) is 19.3 Å². The van der Waals surface area contributed by atoms with Crippen LogP contribution in [0.3, 0.4) is 0 Å². The first kappa shape index (κ1) is 18.5. The van der Waals surface area contributed by atoms with E-state index in [1.54, 1.807) is 0 Å². The summed E-state index contributed by atoms with van der Waals surface area (Å²) in [6.07, 6.45) is 3.01. The Balaban J connectivity index is -0.000000169. The Morgan fingerprint density at radius 2 is 1.23 bits per heavy atom. The van der Waals surface area contributed by atoms with Gasteiger partial charge in [0.2, 0.25) is 0 Å². The first-order valence-electron chi connectivity index (χ1n) is 4.76. The largest absolute Gasteiger partial charge is 0.255 e. The monoisotopic (exact) mass is 200 g/mol. The van der Waals surface area contributed by atoms with Crippen molar-refractivity contribution in [3.63, 3.8) is 0 Å². The van der Waals surface area contributed by atoms with E-state index in [9.17, 15) is 13.2 Å². The van der Waals surface area contributed by atoms with Gasteiger partial charge in [-0.15, -0.1) is 0 Å². The predicted octanol–water partition coefficient (Wildman–Crippen LogP) is 4.34. The van der Waals surface area contributed by atoms with Gasteiger partial charge in [0.1, 0.15) is 0 Å². The highest BCUT2D eigenvalue weighted by atomic mass is 19.1. The summed E-state index contributed by atoms with van der Waals surface area (Å²) in [6, 6.07) is 0. The number of hydrogen-bond donors (Lipinski definition) is 0. The van der Waals surface area contributed by atoms with Gasteiger partial charge in [0.25, 0.3) is 0 Å². The summed E-state index contributed by atoms with van der Waals surface area (Å²) in [7, 11) is 0.500. The molecule has 0 bridgehead atoms. The molecule has 0 rings (SSSR count). The zero-order chi connectivity index (χ0) is 11.1. The molecule has 0 radical (unpaired) electrons. The van der Waals surface area contributed by atoms with Crippen LogP contribution in [0.1, 0.15) is 40.0 Å². The molecule has 0 aromatic rings. The number of halogens is 3. The van der Waals surface area contributed by atoms with E-state index in [1.807, 2.05) is 0 Å². The molecule has 13 heavy (non-hydrogen) atoms. The SMILES string of the molecule is CCC(CC)CCF.CCF.CF. The van der Waals surface area contributed by atoms with E-state index in [-0.39, 0.29) is 13.3 Å². The minimum atomic E-state index is -0.250. The van der Waals surface area contributed by atoms with Crippen molar-refractivity contribution in [1.29, 1.82) is 0 Å². The van der Waals surface area contributed by atoms with Crippen molar-refractivity contribution in [2.24, 2.45) is 5.92 Å². The van der Waals surface area contributed by atoms with Gasteiger partial charge >= 0.3 is 0 Å². The second kappa shape index (κ2) is 22.6. The van der Waals surface area contributed by atoms with Crippen LogP contribution < -0.4 is 0 Å². The smallest absolute Gasteiger partial charge is 0.0897 e. The van der Waals surface area contributed by atoms with Crippen LogP contribution in [-0.4, -0.2) is 20.5 Å². The van der Waals surface area contributed by atoms with E-state index >= 15 is 0 Å². The van der Waals surface area contributed by atoms with Crippen molar-refractivity contribution >= 4 is 0 Å². The molecule has 0 N–H and O–H groups in total. The second-order valence-corrected chi connectivity index (χ2v) is 2.43. The summed E-state index contributed by atoms with van der Waals surface area (Å²) < 4.78 is 31.4. The Morgan fingerprint density at radius 3 is 1.31 bits per heavy atom. The predicted molar refractivity (Wildman–Crippen MR) is 53.3 cm³/mol. The van der Waals surface area contributed by atoms with Gasteiger partial charge in [-0.3, -0.25) is 13.2 Å². The third kappa shape index (κ3) is 24.5. The van der Waals surface area contributed by atoms with Crippen LogP contribution in [0.2, 0.25) is 0 Å². The normalized spacial score (nSPS) is 8.31. The van der Waals surface area contributed by atoms with Gasteiger partial charge in [0, 0.05) is 0 Å². The van der Waals surface area contributed by atoms with E-state index in [4.69, 9.17) is 0 Å². The fraction of sp³-hybridized carbons (Fsp3) is 1.00. The molecule has 0 nitrogen and oxygen atoms in total. The minimum Gasteiger partial charge on any atom is -0.255 e. The lowest BCUT2D eigenvalue weighted by atomic mass is 10.0. The van der Waals surface area contributed by atoms with Crippen molar-refractivity contribution in [2.45, 2.75) is 40.0 Å². The summed E-state index contributed by atoms with van der Waals surface area (Å²) in [5.41, 5.74) is 0. The van der Waals surface area contributed by atoms with Crippen molar-refractivity contribution < 1.29 is 13.2 Å². The Morgan fingerprint density at radius 1 is 0.923 bits per heavy atom. The van der Waals surface area contributed by atoms with Crippen LogP contribution in [0.4, 0.5) is 13.2 Å². The van der Waals surface area contributed by atoms with Crippen molar-refractivity contribution in [2.75, 3.05) is 20.5 Å². The highest BCUT2D eigenvalue weighted by molar-refractivity contribution is 4.52. The highest BCUT2D eigenvalue weighted by Gasteiger charge is 2.00. The van der Waals surface area contributed by atoms with Gasteiger partial charge in [0.05, 0.1) is 20.5 Å². The summed E-state index contributed by atoms with van der Waals surface area (Å²) in [5, 5.41) is 0. The Kier molecular flexibility index (Phi) is 32.3. The maximum atomic E-state index is 11.6. The zero-order valence-corrected chi connectivity index (χ0v) is 9.25. The average molecular weight is 200 g/mol. The van der Waals surface area contributed by atoms with Crippen LogP contribution in [0.15, 0.2) is 0 Å². The first-order chi connectivity index (χ1) is 6.26. The molecule has 0 aliphatic heterocycles. The molecule has 0 saturated heterocycles. The molecule has 0 amide bonds. The molecule has 0 spiro atoms. The molecule has 0 aromatic carbocycles. The third-order valence-electron chi connectivity index (χ3n) is 1.67. The first-order valence-corrected chi connectivity index (χ1v) is 4.76.